The molecule has 0 bridgehead atoms. The van der Waals surface area contributed by atoms with E-state index in [0.717, 1.165) is 47.4 Å². The molecule has 1 aliphatic carbocycles. The van der Waals surface area contributed by atoms with Crippen LogP contribution in [-0.4, -0.2) is 34.9 Å². The highest BCUT2D eigenvalue weighted by molar-refractivity contribution is 8.00. The molecule has 1 aromatic carbocycles. The third kappa shape index (κ3) is 6.31. The van der Waals surface area contributed by atoms with Crippen molar-refractivity contribution < 1.29 is 14.3 Å². The van der Waals surface area contributed by atoms with Crippen molar-refractivity contribution in [1.82, 2.24) is 4.98 Å². The molecule has 1 N–H and O–H groups in total. The number of nitrogens with zero attached hydrogens (tertiary/aromatic N) is 2. The number of benzene rings is 1. The number of aryl methyl sites for hydroxylation is 1. The summed E-state index contributed by atoms with van der Waals surface area (Å²) in [6.07, 6.45) is 7.22. The molecule has 9 heteroatoms. The molecule has 0 spiro atoms. The Bertz CT molecular complexity index is 1260. The second-order valence-corrected chi connectivity index (χ2v) is 10.9. The molecule has 3 aromatic rings. The number of amides is 1. The Balaban J connectivity index is 1.46. The molecule has 0 saturated heterocycles. The number of carbonyl (C=O) groups is 2. The monoisotopic (exact) mass is 527 g/mol. The molecule has 35 heavy (non-hydrogen) atoms. The maximum atomic E-state index is 13.1. The zero-order valence-electron chi connectivity index (χ0n) is 19.5. The van der Waals surface area contributed by atoms with Crippen LogP contribution in [0.25, 0.3) is 0 Å². The number of hydrogen-bond donors (Lipinski definition) is 1. The second kappa shape index (κ2) is 11.8. The van der Waals surface area contributed by atoms with E-state index in [1.165, 1.54) is 28.0 Å². The van der Waals surface area contributed by atoms with Crippen LogP contribution in [0, 0.1) is 0 Å². The Kier molecular flexibility index (Phi) is 8.59. The predicted molar refractivity (Wildman–Crippen MR) is 144 cm³/mol. The average molecular weight is 528 g/mol. The van der Waals surface area contributed by atoms with Crippen molar-refractivity contribution in [3.05, 3.63) is 69.3 Å². The van der Waals surface area contributed by atoms with Gasteiger partial charge >= 0.3 is 5.97 Å². The molecule has 4 rings (SSSR count). The van der Waals surface area contributed by atoms with Gasteiger partial charge in [-0.15, -0.1) is 23.1 Å². The number of fused-ring (bicyclic) bond motifs is 1. The first-order valence-corrected chi connectivity index (χ1v) is 13.6. The summed E-state index contributed by atoms with van der Waals surface area (Å²) in [4.78, 5) is 36.4. The number of esters is 1. The number of thiophene rings is 1. The molecule has 6 nitrogen and oxygen atoms in total. The first kappa shape index (κ1) is 25.4. The number of aliphatic imine (C=N–C) groups is 1. The van der Waals surface area contributed by atoms with Crippen LogP contribution in [0.4, 0.5) is 10.7 Å². The second-order valence-electron chi connectivity index (χ2n) is 8.02. The quantitative estimate of drug-likeness (QED) is 0.152. The molecule has 1 amide bonds. The molecular formula is C26H26ClN3O3S2. The minimum atomic E-state index is -0.379. The summed E-state index contributed by atoms with van der Waals surface area (Å²) in [5.74, 6) is -0.517. The third-order valence-electron chi connectivity index (χ3n) is 5.53. The zero-order valence-corrected chi connectivity index (χ0v) is 21.9. The predicted octanol–water partition coefficient (Wildman–Crippen LogP) is 6.72. The Hall–Kier alpha value is -2.68. The van der Waals surface area contributed by atoms with Crippen molar-refractivity contribution in [3.8, 4) is 0 Å². The highest BCUT2D eigenvalue weighted by atomic mass is 35.5. The van der Waals surface area contributed by atoms with Gasteiger partial charge in [0.05, 0.1) is 23.1 Å². The largest absolute Gasteiger partial charge is 0.462 e. The highest BCUT2D eigenvalue weighted by Gasteiger charge is 2.28. The maximum Gasteiger partial charge on any atom is 0.341 e. The van der Waals surface area contributed by atoms with E-state index in [1.54, 1.807) is 25.4 Å². The van der Waals surface area contributed by atoms with Gasteiger partial charge in [-0.1, -0.05) is 17.7 Å². The van der Waals surface area contributed by atoms with Gasteiger partial charge in [-0.05, 0) is 75.4 Å². The third-order valence-corrected chi connectivity index (χ3v) is 8.14. The average Bonchev–Trinajstić information content (AvgIpc) is 3.21. The fourth-order valence-electron chi connectivity index (χ4n) is 3.82. The lowest BCUT2D eigenvalue weighted by Crippen LogP contribution is -2.23. The smallest absolute Gasteiger partial charge is 0.341 e. The van der Waals surface area contributed by atoms with Crippen molar-refractivity contribution in [2.75, 3.05) is 11.9 Å². The molecule has 0 fully saturated rings. The Morgan fingerprint density at radius 2 is 2.11 bits per heavy atom. The number of aromatic nitrogens is 1. The van der Waals surface area contributed by atoms with Crippen molar-refractivity contribution in [3.63, 3.8) is 0 Å². The van der Waals surface area contributed by atoms with Crippen molar-refractivity contribution in [2.24, 2.45) is 4.99 Å². The summed E-state index contributed by atoms with van der Waals surface area (Å²) in [6, 6.07) is 11.3. The molecule has 2 aromatic heterocycles. The molecule has 1 unspecified atom stereocenters. The Labute approximate surface area is 218 Å². The SMILES string of the molecule is CCOC(=O)c1c(NC(=O)C(C)Sc2cccc(N=Cc3cccnc3Cl)c2)sc2c1CCCC2. The van der Waals surface area contributed by atoms with Crippen LogP contribution in [0.3, 0.4) is 0 Å². The fraction of sp³-hybridized carbons (Fsp3) is 0.308. The van der Waals surface area contributed by atoms with Crippen LogP contribution >= 0.6 is 34.7 Å². The van der Waals surface area contributed by atoms with Gasteiger partial charge in [-0.3, -0.25) is 9.79 Å². The summed E-state index contributed by atoms with van der Waals surface area (Å²) in [5, 5.41) is 3.61. The summed E-state index contributed by atoms with van der Waals surface area (Å²) in [7, 11) is 0. The molecule has 1 aliphatic rings. The van der Waals surface area contributed by atoms with E-state index in [4.69, 9.17) is 16.3 Å². The number of anilines is 1. The van der Waals surface area contributed by atoms with E-state index in [2.05, 4.69) is 15.3 Å². The highest BCUT2D eigenvalue weighted by Crippen LogP contribution is 2.39. The molecular weight excluding hydrogens is 502 g/mol. The number of rotatable bonds is 8. The molecule has 0 aliphatic heterocycles. The molecule has 0 radical (unpaired) electrons. The van der Waals surface area contributed by atoms with Crippen LogP contribution in [0.1, 0.15) is 53.1 Å². The Morgan fingerprint density at radius 1 is 1.29 bits per heavy atom. The van der Waals surface area contributed by atoms with E-state index in [9.17, 15) is 9.59 Å². The van der Waals surface area contributed by atoms with Gasteiger partial charge < -0.3 is 10.1 Å². The van der Waals surface area contributed by atoms with E-state index >= 15 is 0 Å². The van der Waals surface area contributed by atoms with Crippen LogP contribution in [0.2, 0.25) is 5.15 Å². The lowest BCUT2D eigenvalue weighted by atomic mass is 9.95. The number of ether oxygens (including phenoxy) is 1. The summed E-state index contributed by atoms with van der Waals surface area (Å²) >= 11 is 9.03. The number of nitrogens with one attached hydrogen (secondary N) is 1. The van der Waals surface area contributed by atoms with Crippen molar-refractivity contribution >= 4 is 63.5 Å². The van der Waals surface area contributed by atoms with Gasteiger partial charge in [0, 0.05) is 27.7 Å². The summed E-state index contributed by atoms with van der Waals surface area (Å²) in [5.41, 5.74) is 3.05. The zero-order chi connectivity index (χ0) is 24.8. The normalized spacial score (nSPS) is 13.9. The molecule has 2 heterocycles. The lowest BCUT2D eigenvalue weighted by molar-refractivity contribution is -0.115. The Morgan fingerprint density at radius 3 is 2.91 bits per heavy atom. The van der Waals surface area contributed by atoms with E-state index in [-0.39, 0.29) is 17.1 Å². The number of pyridine rings is 1. The first-order valence-electron chi connectivity index (χ1n) is 11.5. The van der Waals surface area contributed by atoms with Gasteiger partial charge in [0.25, 0.3) is 0 Å². The van der Waals surface area contributed by atoms with Gasteiger partial charge in [-0.25, -0.2) is 9.78 Å². The van der Waals surface area contributed by atoms with Gasteiger partial charge in [0.15, 0.2) is 0 Å². The fourth-order valence-corrected chi connectivity index (χ4v) is 6.19. The van der Waals surface area contributed by atoms with Crippen LogP contribution in [-0.2, 0) is 22.4 Å². The van der Waals surface area contributed by atoms with Gasteiger partial charge in [-0.2, -0.15) is 0 Å². The first-order chi connectivity index (χ1) is 17.0. The van der Waals surface area contributed by atoms with Crippen LogP contribution in [0.15, 0.2) is 52.5 Å². The van der Waals surface area contributed by atoms with Crippen LogP contribution in [0.5, 0.6) is 0 Å². The van der Waals surface area contributed by atoms with E-state index in [0.29, 0.717) is 22.3 Å². The minimum absolute atomic E-state index is 0.157. The number of carbonyl (C=O) groups excluding carboxylic acids is 2. The van der Waals surface area contributed by atoms with Crippen molar-refractivity contribution in [1.29, 1.82) is 0 Å². The van der Waals surface area contributed by atoms with Crippen molar-refractivity contribution in [2.45, 2.75) is 49.7 Å². The number of halogens is 1. The summed E-state index contributed by atoms with van der Waals surface area (Å²) in [6.45, 7) is 3.94. The van der Waals surface area contributed by atoms with Crippen LogP contribution < -0.4 is 5.32 Å². The summed E-state index contributed by atoms with van der Waals surface area (Å²) < 4.78 is 5.29. The molecule has 0 saturated carbocycles. The minimum Gasteiger partial charge on any atom is -0.462 e. The van der Waals surface area contributed by atoms with E-state index in [1.807, 2.05) is 37.3 Å². The maximum absolute atomic E-state index is 13.1. The number of thioether (sulfide) groups is 1. The molecule has 1 atom stereocenters. The molecule has 182 valence electrons. The van der Waals surface area contributed by atoms with Gasteiger partial charge in [0.1, 0.15) is 10.2 Å². The van der Waals surface area contributed by atoms with Gasteiger partial charge in [0.2, 0.25) is 5.91 Å². The standard InChI is InChI=1S/C26H26ClN3O3S2/c1-3-33-26(32)22-20-11-4-5-12-21(20)35-25(22)30-24(31)16(2)34-19-10-6-9-18(14-19)29-15-17-8-7-13-28-23(17)27/h6-10,13-16H,3-5,11-12H2,1-2H3,(H,30,31). The topological polar surface area (TPSA) is 80.6 Å². The number of hydrogen-bond acceptors (Lipinski definition) is 7. The van der Waals surface area contributed by atoms with E-state index < -0.39 is 0 Å². The lowest BCUT2D eigenvalue weighted by Gasteiger charge is -2.14.